The molecule has 0 amide bonds. The molecule has 0 aromatic carbocycles. The lowest BCUT2D eigenvalue weighted by Crippen LogP contribution is -3.00. The molecule has 2 heterocycles. The number of carbonyl (C=O) groups excluding carboxylic acids is 1. The zero-order chi connectivity index (χ0) is 9.97. The summed E-state index contributed by atoms with van der Waals surface area (Å²) in [6.07, 6.45) is 2.00. The maximum absolute atomic E-state index is 11.7. The first-order chi connectivity index (χ1) is 6.77. The number of ketones is 1. The van der Waals surface area contributed by atoms with E-state index >= 15 is 0 Å². The van der Waals surface area contributed by atoms with Gasteiger partial charge in [-0.15, -0.1) is 11.3 Å². The molecule has 0 saturated carbocycles. The van der Waals surface area contributed by atoms with E-state index in [0.717, 1.165) is 30.1 Å². The summed E-state index contributed by atoms with van der Waals surface area (Å²) >= 11 is 1.49. The van der Waals surface area contributed by atoms with Crippen molar-refractivity contribution in [1.82, 2.24) is 0 Å². The van der Waals surface area contributed by atoms with Crippen LogP contribution in [0.1, 0.15) is 22.5 Å². The molecule has 2 N–H and O–H groups in total. The number of hydrogen-bond acceptors (Lipinski definition) is 3. The van der Waals surface area contributed by atoms with Crippen LogP contribution in [0.25, 0.3) is 0 Å². The maximum atomic E-state index is 11.7. The van der Waals surface area contributed by atoms with Crippen molar-refractivity contribution < 1.29 is 26.4 Å². The van der Waals surface area contributed by atoms with Crippen molar-refractivity contribution in [2.75, 3.05) is 13.1 Å². The number of Topliss-reactive ketones (excluding diaryl/α,β-unsaturated/α-hetero) is 1. The van der Waals surface area contributed by atoms with E-state index in [1.54, 1.807) is 0 Å². The average Bonchev–Trinajstić information content (AvgIpc) is 2.77. The van der Waals surface area contributed by atoms with Crippen molar-refractivity contribution in [2.24, 2.45) is 5.73 Å². The van der Waals surface area contributed by atoms with Gasteiger partial charge in [-0.25, -0.2) is 0 Å². The molecule has 3 nitrogen and oxygen atoms in total. The van der Waals surface area contributed by atoms with Crippen LogP contribution in [0.15, 0.2) is 17.5 Å². The molecule has 0 radical (unpaired) electrons. The zero-order valence-corrected chi connectivity index (χ0v) is 10.7. The number of amidine groups is 1. The van der Waals surface area contributed by atoms with E-state index in [4.69, 9.17) is 5.73 Å². The SMILES string of the molecule is NC1=[N+](CC(=O)c2cccs2)CCC1.[Br-]. The van der Waals surface area contributed by atoms with Gasteiger partial charge in [0.2, 0.25) is 11.6 Å². The lowest BCUT2D eigenvalue weighted by Gasteiger charge is -2.00. The summed E-state index contributed by atoms with van der Waals surface area (Å²) in [5, 5.41) is 1.92. The Kier molecular flexibility index (Phi) is 4.47. The minimum absolute atomic E-state index is 0. The van der Waals surface area contributed by atoms with Crippen LogP contribution >= 0.6 is 11.3 Å². The van der Waals surface area contributed by atoms with E-state index in [9.17, 15) is 4.79 Å². The van der Waals surface area contributed by atoms with Gasteiger partial charge < -0.3 is 17.0 Å². The quantitative estimate of drug-likeness (QED) is 0.522. The second-order valence-corrected chi connectivity index (χ2v) is 4.36. The Balaban J connectivity index is 0.00000112. The minimum atomic E-state index is 0. The highest BCUT2D eigenvalue weighted by molar-refractivity contribution is 7.12. The van der Waals surface area contributed by atoms with E-state index in [-0.39, 0.29) is 22.8 Å². The second-order valence-electron chi connectivity index (χ2n) is 3.42. The number of halogens is 1. The molecule has 0 bridgehead atoms. The predicted molar refractivity (Wildman–Crippen MR) is 57.1 cm³/mol. The monoisotopic (exact) mass is 288 g/mol. The van der Waals surface area contributed by atoms with Crippen LogP contribution in [0, 0.1) is 0 Å². The molecule has 0 unspecified atom stereocenters. The van der Waals surface area contributed by atoms with Gasteiger partial charge in [-0.05, 0) is 17.9 Å². The maximum Gasteiger partial charge on any atom is 0.243 e. The number of hydrogen-bond donors (Lipinski definition) is 1. The second kappa shape index (κ2) is 5.42. The Hall–Kier alpha value is -0.680. The molecular weight excluding hydrogens is 276 g/mol. The van der Waals surface area contributed by atoms with Crippen molar-refractivity contribution >= 4 is 23.0 Å². The van der Waals surface area contributed by atoms with Gasteiger partial charge in [0.25, 0.3) is 0 Å². The van der Waals surface area contributed by atoms with Crippen LogP contribution in [0.3, 0.4) is 0 Å². The van der Waals surface area contributed by atoms with Crippen molar-refractivity contribution in [1.29, 1.82) is 0 Å². The van der Waals surface area contributed by atoms with Gasteiger partial charge in [-0.3, -0.25) is 15.1 Å². The van der Waals surface area contributed by atoms with Gasteiger partial charge in [0.1, 0.15) is 6.54 Å². The molecule has 0 spiro atoms. The molecule has 0 fully saturated rings. The number of thiophene rings is 1. The largest absolute Gasteiger partial charge is 1.00 e. The summed E-state index contributed by atoms with van der Waals surface area (Å²) in [5.74, 6) is 1.03. The average molecular weight is 289 g/mol. The van der Waals surface area contributed by atoms with E-state index in [0.29, 0.717) is 6.54 Å². The highest BCUT2D eigenvalue weighted by atomic mass is 79.9. The highest BCUT2D eigenvalue weighted by Crippen LogP contribution is 2.10. The molecule has 1 aliphatic heterocycles. The number of nitrogens with two attached hydrogens (primary N) is 1. The summed E-state index contributed by atoms with van der Waals surface area (Å²) in [4.78, 5) is 12.5. The number of nitrogens with zero attached hydrogens (tertiary/aromatic N) is 1. The third kappa shape index (κ3) is 2.89. The molecular formula is C10H13BrN2OS. The first-order valence-corrected chi connectivity index (χ1v) is 5.58. The van der Waals surface area contributed by atoms with Gasteiger partial charge in [0, 0.05) is 0 Å². The molecule has 1 aromatic rings. The summed E-state index contributed by atoms with van der Waals surface area (Å²) in [7, 11) is 0. The number of rotatable bonds is 3. The fraction of sp³-hybridized carbons (Fsp3) is 0.400. The minimum Gasteiger partial charge on any atom is -1.00 e. The summed E-state index contributed by atoms with van der Waals surface area (Å²) in [6.45, 7) is 1.36. The zero-order valence-electron chi connectivity index (χ0n) is 8.28. The van der Waals surface area contributed by atoms with Gasteiger partial charge >= 0.3 is 0 Å². The standard InChI is InChI=1S/C10H12N2OS.BrH/c11-10-4-1-5-12(10)7-8(13)9-3-2-6-14-9;/h2-3,6,11H,1,4-5,7H2;1H. The first-order valence-electron chi connectivity index (χ1n) is 4.70. The van der Waals surface area contributed by atoms with E-state index in [2.05, 4.69) is 0 Å². The van der Waals surface area contributed by atoms with Crippen LogP contribution < -0.4 is 22.7 Å². The lowest BCUT2D eigenvalue weighted by atomic mass is 10.3. The van der Waals surface area contributed by atoms with Crippen LogP contribution in [-0.4, -0.2) is 29.3 Å². The fourth-order valence-electron chi connectivity index (χ4n) is 1.62. The number of carbonyl (C=O) groups is 1. The van der Waals surface area contributed by atoms with Gasteiger partial charge in [0.15, 0.2) is 0 Å². The van der Waals surface area contributed by atoms with Crippen LogP contribution in [0.4, 0.5) is 0 Å². The van der Waals surface area contributed by atoms with E-state index in [1.165, 1.54) is 11.3 Å². The third-order valence-electron chi connectivity index (χ3n) is 2.40. The molecule has 0 aliphatic carbocycles. The summed E-state index contributed by atoms with van der Waals surface area (Å²) in [5.41, 5.74) is 5.77. The van der Waals surface area contributed by atoms with Crippen molar-refractivity contribution in [2.45, 2.75) is 12.8 Å². The molecule has 15 heavy (non-hydrogen) atoms. The van der Waals surface area contributed by atoms with Crippen LogP contribution in [0.2, 0.25) is 0 Å². The molecule has 1 aliphatic rings. The normalized spacial score (nSPS) is 15.2. The molecule has 5 heteroatoms. The van der Waals surface area contributed by atoms with Crippen LogP contribution in [-0.2, 0) is 0 Å². The predicted octanol–water partition coefficient (Wildman–Crippen LogP) is -1.90. The van der Waals surface area contributed by atoms with Gasteiger partial charge in [0.05, 0.1) is 17.8 Å². The molecule has 0 saturated heterocycles. The first kappa shape index (κ1) is 12.4. The van der Waals surface area contributed by atoms with Crippen molar-refractivity contribution in [3.05, 3.63) is 22.4 Å². The van der Waals surface area contributed by atoms with Crippen molar-refractivity contribution in [3.63, 3.8) is 0 Å². The Morgan fingerprint density at radius 3 is 2.93 bits per heavy atom. The van der Waals surface area contributed by atoms with E-state index < -0.39 is 0 Å². The Morgan fingerprint density at radius 2 is 2.40 bits per heavy atom. The summed E-state index contributed by atoms with van der Waals surface area (Å²) in [6, 6.07) is 3.76. The van der Waals surface area contributed by atoms with E-state index in [1.807, 2.05) is 22.1 Å². The lowest BCUT2D eigenvalue weighted by molar-refractivity contribution is -0.507. The molecule has 2 rings (SSSR count). The smallest absolute Gasteiger partial charge is 0.243 e. The molecule has 82 valence electrons. The Bertz CT molecular complexity index is 373. The Labute approximate surface area is 103 Å². The van der Waals surface area contributed by atoms with Gasteiger partial charge in [-0.2, -0.15) is 0 Å². The van der Waals surface area contributed by atoms with Crippen LogP contribution in [0.5, 0.6) is 0 Å². The highest BCUT2D eigenvalue weighted by Gasteiger charge is 2.20. The fourth-order valence-corrected chi connectivity index (χ4v) is 2.28. The van der Waals surface area contributed by atoms with Gasteiger partial charge in [-0.1, -0.05) is 6.07 Å². The third-order valence-corrected chi connectivity index (χ3v) is 3.31. The summed E-state index contributed by atoms with van der Waals surface area (Å²) < 4.78 is 1.97. The topological polar surface area (TPSA) is 46.1 Å². The molecule has 0 atom stereocenters. The van der Waals surface area contributed by atoms with Crippen molar-refractivity contribution in [3.8, 4) is 0 Å². The Morgan fingerprint density at radius 1 is 1.60 bits per heavy atom. The molecule has 1 aromatic heterocycles.